The van der Waals surface area contributed by atoms with Gasteiger partial charge in [0.15, 0.2) is 0 Å². The highest BCUT2D eigenvalue weighted by Gasteiger charge is 2.68. The van der Waals surface area contributed by atoms with Crippen LogP contribution in [-0.2, 0) is 4.79 Å². The van der Waals surface area contributed by atoms with Crippen LogP contribution in [0.15, 0.2) is 0 Å². The molecule has 94 valence electrons. The lowest BCUT2D eigenvalue weighted by Crippen LogP contribution is -2.35. The van der Waals surface area contributed by atoms with E-state index in [9.17, 15) is 4.79 Å². The van der Waals surface area contributed by atoms with Gasteiger partial charge in [-0.25, -0.2) is 0 Å². The highest BCUT2D eigenvalue weighted by atomic mass is 16.2. The molecular formula is C13H26N2O. The van der Waals surface area contributed by atoms with Crippen molar-refractivity contribution in [1.29, 1.82) is 0 Å². The third kappa shape index (κ3) is 2.24. The number of hydrogen-bond acceptors (Lipinski definition) is 2. The zero-order valence-electron chi connectivity index (χ0n) is 11.3. The van der Waals surface area contributed by atoms with Crippen LogP contribution in [0, 0.1) is 16.7 Å². The fourth-order valence-corrected chi connectivity index (χ4v) is 2.67. The van der Waals surface area contributed by atoms with Crippen LogP contribution in [0.4, 0.5) is 0 Å². The van der Waals surface area contributed by atoms with Crippen LogP contribution in [0.2, 0.25) is 0 Å². The van der Waals surface area contributed by atoms with Gasteiger partial charge in [-0.05, 0) is 37.1 Å². The van der Waals surface area contributed by atoms with E-state index in [0.717, 1.165) is 12.8 Å². The van der Waals surface area contributed by atoms with E-state index in [0.29, 0.717) is 6.54 Å². The molecule has 0 aromatic carbocycles. The van der Waals surface area contributed by atoms with Crippen LogP contribution in [0.1, 0.15) is 47.5 Å². The Kier molecular flexibility index (Phi) is 3.68. The van der Waals surface area contributed by atoms with Crippen LogP contribution in [-0.4, -0.2) is 18.5 Å². The molecule has 0 saturated heterocycles. The summed E-state index contributed by atoms with van der Waals surface area (Å²) in [6.07, 6.45) is 1.94. The topological polar surface area (TPSA) is 55.1 Å². The molecule has 0 aromatic rings. The molecule has 3 N–H and O–H groups in total. The van der Waals surface area contributed by atoms with Crippen LogP contribution < -0.4 is 11.1 Å². The van der Waals surface area contributed by atoms with Gasteiger partial charge >= 0.3 is 0 Å². The van der Waals surface area contributed by atoms with Crippen molar-refractivity contribution in [1.82, 2.24) is 5.32 Å². The molecule has 3 nitrogen and oxygen atoms in total. The third-order valence-electron chi connectivity index (χ3n) is 4.51. The van der Waals surface area contributed by atoms with E-state index >= 15 is 0 Å². The molecule has 3 heteroatoms. The van der Waals surface area contributed by atoms with Gasteiger partial charge in [-0.1, -0.05) is 27.7 Å². The second-order valence-electron chi connectivity index (χ2n) is 6.22. The number of amides is 1. The molecule has 0 aliphatic heterocycles. The van der Waals surface area contributed by atoms with Crippen LogP contribution in [0.5, 0.6) is 0 Å². The summed E-state index contributed by atoms with van der Waals surface area (Å²) in [6, 6.07) is 0.239. The number of carbonyl (C=O) groups is 1. The monoisotopic (exact) mass is 226 g/mol. The molecule has 1 unspecified atom stereocenters. The van der Waals surface area contributed by atoms with Crippen molar-refractivity contribution >= 4 is 5.91 Å². The average molecular weight is 226 g/mol. The highest BCUT2D eigenvalue weighted by molar-refractivity contribution is 5.84. The Balaban J connectivity index is 2.44. The second kappa shape index (κ2) is 4.36. The predicted octanol–water partition coefficient (Wildman–Crippen LogP) is 1.91. The minimum Gasteiger partial charge on any atom is -0.353 e. The number of nitrogens with two attached hydrogens (primary N) is 1. The van der Waals surface area contributed by atoms with Gasteiger partial charge in [-0.2, -0.15) is 0 Å². The molecular weight excluding hydrogens is 200 g/mol. The Hall–Kier alpha value is -0.570. The Morgan fingerprint density at radius 1 is 1.31 bits per heavy atom. The Morgan fingerprint density at radius 3 is 2.19 bits per heavy atom. The minimum atomic E-state index is 0.130. The summed E-state index contributed by atoms with van der Waals surface area (Å²) < 4.78 is 0. The van der Waals surface area contributed by atoms with E-state index in [1.54, 1.807) is 0 Å². The quantitative estimate of drug-likeness (QED) is 0.752. The number of carbonyl (C=O) groups excluding carboxylic acids is 1. The van der Waals surface area contributed by atoms with Gasteiger partial charge in [-0.15, -0.1) is 0 Å². The standard InChI is InChI=1S/C13H26N2O/c1-9(7-6-8-14)15-11(16)10-12(2,3)13(10,4)5/h9-10H,6-8,14H2,1-5H3,(H,15,16). The third-order valence-corrected chi connectivity index (χ3v) is 4.51. The summed E-state index contributed by atoms with van der Waals surface area (Å²) in [5.74, 6) is 0.361. The summed E-state index contributed by atoms with van der Waals surface area (Å²) in [5, 5.41) is 3.09. The smallest absolute Gasteiger partial charge is 0.224 e. The normalized spacial score (nSPS) is 23.9. The van der Waals surface area contributed by atoms with Crippen molar-refractivity contribution < 1.29 is 4.79 Å². The van der Waals surface area contributed by atoms with Gasteiger partial charge in [-0.3, -0.25) is 4.79 Å². The minimum absolute atomic E-state index is 0.130. The average Bonchev–Trinajstić information content (AvgIpc) is 2.54. The molecule has 0 aromatic heterocycles. The van der Waals surface area contributed by atoms with Gasteiger partial charge < -0.3 is 11.1 Å². The van der Waals surface area contributed by atoms with Gasteiger partial charge in [0.25, 0.3) is 0 Å². The van der Waals surface area contributed by atoms with Gasteiger partial charge in [0.1, 0.15) is 0 Å². The Labute approximate surface area is 99.2 Å². The molecule has 1 fully saturated rings. The summed E-state index contributed by atoms with van der Waals surface area (Å²) in [5.41, 5.74) is 5.71. The van der Waals surface area contributed by atoms with E-state index in [-0.39, 0.29) is 28.7 Å². The summed E-state index contributed by atoms with van der Waals surface area (Å²) in [7, 11) is 0. The first-order valence-electron chi connectivity index (χ1n) is 6.25. The molecule has 16 heavy (non-hydrogen) atoms. The first-order valence-corrected chi connectivity index (χ1v) is 6.25. The molecule has 1 saturated carbocycles. The van der Waals surface area contributed by atoms with Gasteiger partial charge in [0.2, 0.25) is 5.91 Å². The summed E-state index contributed by atoms with van der Waals surface area (Å²) in [4.78, 5) is 12.1. The van der Waals surface area contributed by atoms with E-state index in [4.69, 9.17) is 5.73 Å². The van der Waals surface area contributed by atoms with Crippen molar-refractivity contribution in [2.45, 2.75) is 53.5 Å². The maximum Gasteiger partial charge on any atom is 0.224 e. The molecule has 1 atom stereocenters. The van der Waals surface area contributed by atoms with Crippen LogP contribution >= 0.6 is 0 Å². The first kappa shape index (κ1) is 13.5. The molecule has 1 rings (SSSR count). The van der Waals surface area contributed by atoms with Crippen molar-refractivity contribution in [3.8, 4) is 0 Å². The molecule has 1 aliphatic rings. The summed E-state index contributed by atoms with van der Waals surface area (Å²) in [6.45, 7) is 11.4. The van der Waals surface area contributed by atoms with Gasteiger partial charge in [0.05, 0.1) is 0 Å². The fourth-order valence-electron chi connectivity index (χ4n) is 2.67. The van der Waals surface area contributed by atoms with Crippen molar-refractivity contribution in [2.75, 3.05) is 6.54 Å². The van der Waals surface area contributed by atoms with Crippen LogP contribution in [0.3, 0.4) is 0 Å². The molecule has 1 amide bonds. The maximum absolute atomic E-state index is 12.1. The fraction of sp³-hybridized carbons (Fsp3) is 0.923. The lowest BCUT2D eigenvalue weighted by Gasteiger charge is -2.14. The second-order valence-corrected chi connectivity index (χ2v) is 6.22. The van der Waals surface area contributed by atoms with E-state index in [1.165, 1.54) is 0 Å². The SMILES string of the molecule is CC(CCCN)NC(=O)C1C(C)(C)C1(C)C. The zero-order valence-corrected chi connectivity index (χ0v) is 11.3. The van der Waals surface area contributed by atoms with E-state index in [1.807, 2.05) is 0 Å². The Bertz CT molecular complexity index is 257. The van der Waals surface area contributed by atoms with Crippen molar-refractivity contribution in [3.63, 3.8) is 0 Å². The van der Waals surface area contributed by atoms with Crippen LogP contribution in [0.25, 0.3) is 0 Å². The summed E-state index contributed by atoms with van der Waals surface area (Å²) >= 11 is 0. The maximum atomic E-state index is 12.1. The highest BCUT2D eigenvalue weighted by Crippen LogP contribution is 2.68. The van der Waals surface area contributed by atoms with E-state index < -0.39 is 0 Å². The lowest BCUT2D eigenvalue weighted by atomic mass is 10.0. The van der Waals surface area contributed by atoms with Gasteiger partial charge in [0, 0.05) is 12.0 Å². The number of rotatable bonds is 5. The molecule has 0 heterocycles. The zero-order chi connectivity index (χ0) is 12.6. The molecule has 0 bridgehead atoms. The lowest BCUT2D eigenvalue weighted by molar-refractivity contribution is -0.124. The molecule has 0 radical (unpaired) electrons. The molecule has 0 spiro atoms. The van der Waals surface area contributed by atoms with Crippen molar-refractivity contribution in [3.05, 3.63) is 0 Å². The number of hydrogen-bond donors (Lipinski definition) is 2. The Morgan fingerprint density at radius 2 is 1.81 bits per heavy atom. The predicted molar refractivity (Wildman–Crippen MR) is 66.9 cm³/mol. The van der Waals surface area contributed by atoms with Crippen molar-refractivity contribution in [2.24, 2.45) is 22.5 Å². The first-order chi connectivity index (χ1) is 7.25. The molecule has 1 aliphatic carbocycles. The van der Waals surface area contributed by atoms with E-state index in [2.05, 4.69) is 39.9 Å². The largest absolute Gasteiger partial charge is 0.353 e. The number of nitrogens with one attached hydrogen (secondary N) is 1.